The molecule has 30 heavy (non-hydrogen) atoms. The molecule has 3 rings (SSSR count). The van der Waals surface area contributed by atoms with E-state index in [9.17, 15) is 4.79 Å². The number of rotatable bonds is 5. The molecule has 2 aliphatic rings. The summed E-state index contributed by atoms with van der Waals surface area (Å²) < 4.78 is 11.4. The van der Waals surface area contributed by atoms with Crippen LogP contribution in [0.4, 0.5) is 0 Å². The van der Waals surface area contributed by atoms with E-state index in [4.69, 9.17) is 9.47 Å². The molecule has 0 bridgehead atoms. The van der Waals surface area contributed by atoms with Crippen LogP contribution in [0.5, 0.6) is 0 Å². The molecule has 0 radical (unpaired) electrons. The smallest absolute Gasteiger partial charge is 0.328 e. The van der Waals surface area contributed by atoms with Crippen LogP contribution in [0.2, 0.25) is 0 Å². The van der Waals surface area contributed by atoms with Gasteiger partial charge in [-0.2, -0.15) is 0 Å². The number of likely N-dealkylation sites (tertiary alicyclic amines) is 1. The number of carbonyl (C=O) groups is 1. The number of hydrogen-bond donors (Lipinski definition) is 1. The summed E-state index contributed by atoms with van der Waals surface area (Å²) >= 11 is 0. The standard InChI is InChI=1S/C22H34N4O3.HI/c1-5-23-21(24-13-20(27)29-22(2,3)4)26-15-18-19(16-26)28-12-11-25(18)14-17-9-7-6-8-10-17;/h6-10,18-19H,5,11-16H2,1-4H3,(H,23,24);1H. The van der Waals surface area contributed by atoms with Gasteiger partial charge in [0.25, 0.3) is 0 Å². The molecule has 1 aromatic rings. The highest BCUT2D eigenvalue weighted by atomic mass is 127. The molecule has 0 aliphatic carbocycles. The van der Waals surface area contributed by atoms with Gasteiger partial charge < -0.3 is 19.7 Å². The molecule has 1 aromatic carbocycles. The Labute approximate surface area is 197 Å². The van der Waals surface area contributed by atoms with Gasteiger partial charge in [-0.15, -0.1) is 24.0 Å². The topological polar surface area (TPSA) is 66.4 Å². The molecule has 0 spiro atoms. The van der Waals surface area contributed by atoms with Gasteiger partial charge in [-0.25, -0.2) is 4.99 Å². The fourth-order valence-electron chi connectivity index (χ4n) is 3.88. The maximum absolute atomic E-state index is 12.1. The van der Waals surface area contributed by atoms with Crippen LogP contribution in [0.3, 0.4) is 0 Å². The van der Waals surface area contributed by atoms with Crippen LogP contribution in [-0.2, 0) is 20.8 Å². The molecule has 2 saturated heterocycles. The zero-order valence-corrected chi connectivity index (χ0v) is 20.8. The van der Waals surface area contributed by atoms with Crippen LogP contribution in [0, 0.1) is 0 Å². The van der Waals surface area contributed by atoms with Crippen molar-refractivity contribution in [3.63, 3.8) is 0 Å². The highest BCUT2D eigenvalue weighted by Gasteiger charge is 2.41. The van der Waals surface area contributed by atoms with Gasteiger partial charge in [0.1, 0.15) is 12.1 Å². The van der Waals surface area contributed by atoms with E-state index >= 15 is 0 Å². The van der Waals surface area contributed by atoms with Gasteiger partial charge in [0, 0.05) is 32.7 Å². The molecule has 8 heteroatoms. The van der Waals surface area contributed by atoms with Crippen LogP contribution >= 0.6 is 24.0 Å². The first-order valence-corrected chi connectivity index (χ1v) is 10.5. The SMILES string of the molecule is CCNC(=NCC(=O)OC(C)(C)C)N1CC2OCCN(Cc3ccccc3)C2C1.I. The second-order valence-electron chi connectivity index (χ2n) is 8.59. The molecule has 0 amide bonds. The average Bonchev–Trinajstić information content (AvgIpc) is 3.10. The van der Waals surface area contributed by atoms with Crippen molar-refractivity contribution in [3.05, 3.63) is 35.9 Å². The summed E-state index contributed by atoms with van der Waals surface area (Å²) in [5, 5.41) is 3.31. The molecular formula is C22H35IN4O3. The minimum atomic E-state index is -0.501. The number of esters is 1. The normalized spacial score (nSPS) is 22.3. The van der Waals surface area contributed by atoms with Crippen molar-refractivity contribution in [2.75, 3.05) is 39.3 Å². The molecule has 2 unspecified atom stereocenters. The number of ether oxygens (including phenoxy) is 2. The minimum Gasteiger partial charge on any atom is -0.459 e. The van der Waals surface area contributed by atoms with Crippen molar-refractivity contribution in [2.45, 2.75) is 52.0 Å². The van der Waals surface area contributed by atoms with Gasteiger partial charge in [-0.3, -0.25) is 9.69 Å². The van der Waals surface area contributed by atoms with Crippen molar-refractivity contribution in [3.8, 4) is 0 Å². The molecule has 1 N–H and O–H groups in total. The maximum atomic E-state index is 12.1. The number of hydrogen-bond acceptors (Lipinski definition) is 5. The van der Waals surface area contributed by atoms with E-state index in [2.05, 4.69) is 44.4 Å². The summed E-state index contributed by atoms with van der Waals surface area (Å²) in [6, 6.07) is 10.9. The summed E-state index contributed by atoms with van der Waals surface area (Å²) in [6.45, 7) is 12.6. The lowest BCUT2D eigenvalue weighted by Gasteiger charge is -2.36. The van der Waals surface area contributed by atoms with Crippen LogP contribution in [0.1, 0.15) is 33.3 Å². The molecule has 168 valence electrons. The van der Waals surface area contributed by atoms with E-state index in [-0.39, 0.29) is 42.6 Å². The fourth-order valence-corrected chi connectivity index (χ4v) is 3.88. The number of halogens is 1. The molecule has 2 aliphatic heterocycles. The van der Waals surface area contributed by atoms with Crippen LogP contribution in [-0.4, -0.2) is 78.8 Å². The number of morpholine rings is 1. The number of aliphatic imine (C=N–C) groups is 1. The lowest BCUT2D eigenvalue weighted by atomic mass is 10.1. The first kappa shape index (κ1) is 24.9. The summed E-state index contributed by atoms with van der Waals surface area (Å²) in [6.07, 6.45) is 0.151. The molecular weight excluding hydrogens is 495 g/mol. The Bertz CT molecular complexity index is 708. The third-order valence-electron chi connectivity index (χ3n) is 5.06. The largest absolute Gasteiger partial charge is 0.459 e. The molecule has 0 saturated carbocycles. The van der Waals surface area contributed by atoms with Crippen molar-refractivity contribution >= 4 is 35.9 Å². The maximum Gasteiger partial charge on any atom is 0.328 e. The molecule has 2 fully saturated rings. The van der Waals surface area contributed by atoms with E-state index in [1.165, 1.54) is 5.56 Å². The predicted octanol–water partition coefficient (Wildman–Crippen LogP) is 2.50. The zero-order chi connectivity index (χ0) is 20.9. The van der Waals surface area contributed by atoms with E-state index in [1.54, 1.807) is 0 Å². The molecule has 2 heterocycles. The summed E-state index contributed by atoms with van der Waals surface area (Å²) in [5.41, 5.74) is 0.816. The minimum absolute atomic E-state index is 0. The zero-order valence-electron chi connectivity index (χ0n) is 18.5. The number of carbonyl (C=O) groups excluding carboxylic acids is 1. The number of nitrogens with zero attached hydrogens (tertiary/aromatic N) is 3. The number of benzene rings is 1. The van der Waals surface area contributed by atoms with Gasteiger partial charge in [-0.05, 0) is 33.3 Å². The Balaban J connectivity index is 0.00000320. The van der Waals surface area contributed by atoms with Gasteiger partial charge in [0.2, 0.25) is 0 Å². The Morgan fingerprint density at radius 1 is 1.27 bits per heavy atom. The predicted molar refractivity (Wildman–Crippen MR) is 129 cm³/mol. The Kier molecular flexibility index (Phi) is 9.36. The van der Waals surface area contributed by atoms with Crippen molar-refractivity contribution in [2.24, 2.45) is 4.99 Å². The van der Waals surface area contributed by atoms with Crippen molar-refractivity contribution in [1.82, 2.24) is 15.1 Å². The monoisotopic (exact) mass is 530 g/mol. The first-order chi connectivity index (χ1) is 13.9. The van der Waals surface area contributed by atoms with E-state index in [1.807, 2.05) is 33.8 Å². The lowest BCUT2D eigenvalue weighted by Crippen LogP contribution is -2.50. The molecule has 7 nitrogen and oxygen atoms in total. The Hall–Kier alpha value is -1.39. The molecule has 2 atom stereocenters. The summed E-state index contributed by atoms with van der Waals surface area (Å²) in [7, 11) is 0. The summed E-state index contributed by atoms with van der Waals surface area (Å²) in [5.74, 6) is 0.433. The van der Waals surface area contributed by atoms with Crippen LogP contribution < -0.4 is 5.32 Å². The van der Waals surface area contributed by atoms with Crippen LogP contribution in [0.25, 0.3) is 0 Å². The Morgan fingerprint density at radius 2 is 2.00 bits per heavy atom. The quantitative estimate of drug-likeness (QED) is 0.273. The number of nitrogens with one attached hydrogen (secondary N) is 1. The average molecular weight is 530 g/mol. The second kappa shape index (κ2) is 11.3. The summed E-state index contributed by atoms with van der Waals surface area (Å²) in [4.78, 5) is 21.3. The third kappa shape index (κ3) is 7.09. The first-order valence-electron chi connectivity index (χ1n) is 10.5. The second-order valence-corrected chi connectivity index (χ2v) is 8.59. The highest BCUT2D eigenvalue weighted by molar-refractivity contribution is 14.0. The molecule has 0 aromatic heterocycles. The lowest BCUT2D eigenvalue weighted by molar-refractivity contribution is -0.152. The Morgan fingerprint density at radius 3 is 2.67 bits per heavy atom. The van der Waals surface area contributed by atoms with Gasteiger partial charge in [0.05, 0.1) is 18.8 Å². The van der Waals surface area contributed by atoms with Gasteiger partial charge in [-0.1, -0.05) is 30.3 Å². The van der Waals surface area contributed by atoms with E-state index in [0.717, 1.165) is 45.3 Å². The third-order valence-corrected chi connectivity index (χ3v) is 5.06. The van der Waals surface area contributed by atoms with Gasteiger partial charge >= 0.3 is 5.97 Å². The van der Waals surface area contributed by atoms with Crippen molar-refractivity contribution < 1.29 is 14.3 Å². The van der Waals surface area contributed by atoms with E-state index in [0.29, 0.717) is 6.04 Å². The number of guanidine groups is 1. The number of fused-ring (bicyclic) bond motifs is 1. The fraction of sp³-hybridized carbons (Fsp3) is 0.636. The van der Waals surface area contributed by atoms with Crippen molar-refractivity contribution in [1.29, 1.82) is 0 Å². The van der Waals surface area contributed by atoms with Gasteiger partial charge in [0.15, 0.2) is 5.96 Å². The highest BCUT2D eigenvalue weighted by Crippen LogP contribution is 2.24. The van der Waals surface area contributed by atoms with E-state index < -0.39 is 5.60 Å². The van der Waals surface area contributed by atoms with Crippen LogP contribution in [0.15, 0.2) is 35.3 Å².